The van der Waals surface area contributed by atoms with Crippen LogP contribution in [0.4, 0.5) is 0 Å². The van der Waals surface area contributed by atoms with Crippen LogP contribution in [-0.2, 0) is 6.54 Å². The molecule has 1 N–H and O–H groups in total. The highest BCUT2D eigenvalue weighted by Gasteiger charge is 2.15. The molecule has 0 atom stereocenters. The monoisotopic (exact) mass is 411 g/mol. The third-order valence-corrected chi connectivity index (χ3v) is 5.43. The summed E-state index contributed by atoms with van der Waals surface area (Å²) in [6, 6.07) is 11.1. The normalized spacial score (nSPS) is 12.2. The summed E-state index contributed by atoms with van der Waals surface area (Å²) in [7, 11) is 3.99. The van der Waals surface area contributed by atoms with E-state index in [0.717, 1.165) is 16.8 Å². The lowest BCUT2D eigenvalue weighted by atomic mass is 10.2. The summed E-state index contributed by atoms with van der Waals surface area (Å²) < 4.78 is 1.94. The van der Waals surface area contributed by atoms with Gasteiger partial charge in [0, 0.05) is 35.4 Å². The summed E-state index contributed by atoms with van der Waals surface area (Å²) in [5.74, 6) is -0.314. The Morgan fingerprint density at radius 2 is 2.11 bits per heavy atom. The molecule has 0 saturated carbocycles. The Morgan fingerprint density at radius 3 is 2.89 bits per heavy atom. The highest BCUT2D eigenvalue weighted by Crippen LogP contribution is 2.22. The van der Waals surface area contributed by atoms with Gasteiger partial charge in [-0.1, -0.05) is 23.7 Å². The first-order chi connectivity index (χ1) is 13.5. The quantitative estimate of drug-likeness (QED) is 0.554. The number of amides is 1. The van der Waals surface area contributed by atoms with Crippen molar-refractivity contribution in [1.82, 2.24) is 19.4 Å². The lowest BCUT2D eigenvalue weighted by Gasteiger charge is -2.14. The topological polar surface area (TPSA) is 66.3 Å². The molecule has 0 saturated heterocycles. The number of pyridine rings is 1. The molecule has 28 heavy (non-hydrogen) atoms. The lowest BCUT2D eigenvalue weighted by Crippen LogP contribution is -2.21. The molecule has 1 aromatic carbocycles. The molecular weight excluding hydrogens is 394 g/mol. The second kappa shape index (κ2) is 7.71. The number of thiazole rings is 1. The number of aromatic amines is 1. The number of hydrogen-bond acceptors (Lipinski definition) is 4. The number of benzene rings is 1. The minimum absolute atomic E-state index is 0.314. The largest absolute Gasteiger partial charge is 0.346 e. The number of carbonyl (C=O) groups is 1. The summed E-state index contributed by atoms with van der Waals surface area (Å²) in [4.78, 5) is 27.3. The number of hydrogen-bond donors (Lipinski definition) is 1. The third-order valence-electron chi connectivity index (χ3n) is 4.24. The fourth-order valence-electron chi connectivity index (χ4n) is 3.04. The van der Waals surface area contributed by atoms with E-state index in [-0.39, 0.29) is 5.91 Å². The Kier molecular flexibility index (Phi) is 5.13. The Hall–Kier alpha value is -2.74. The highest BCUT2D eigenvalue weighted by atomic mass is 35.5. The summed E-state index contributed by atoms with van der Waals surface area (Å²) in [6.45, 7) is 0.697. The first-order valence-electron chi connectivity index (χ1n) is 8.65. The van der Waals surface area contributed by atoms with Crippen molar-refractivity contribution >= 4 is 39.9 Å². The van der Waals surface area contributed by atoms with Gasteiger partial charge in [-0.05, 0) is 38.4 Å². The average Bonchev–Trinajstić information content (AvgIpc) is 3.29. The number of halogens is 1. The van der Waals surface area contributed by atoms with Crippen LogP contribution >= 0.6 is 22.9 Å². The molecule has 0 aliphatic carbocycles. The molecule has 1 amide bonds. The van der Waals surface area contributed by atoms with Crippen molar-refractivity contribution in [3.8, 4) is 5.69 Å². The van der Waals surface area contributed by atoms with E-state index < -0.39 is 0 Å². The van der Waals surface area contributed by atoms with Crippen molar-refractivity contribution in [3.05, 3.63) is 75.3 Å². The van der Waals surface area contributed by atoms with Crippen LogP contribution in [0.25, 0.3) is 16.7 Å². The molecule has 0 aliphatic heterocycles. The summed E-state index contributed by atoms with van der Waals surface area (Å²) in [5.41, 5.74) is 2.99. The summed E-state index contributed by atoms with van der Waals surface area (Å²) in [5, 5.41) is 3.37. The van der Waals surface area contributed by atoms with Gasteiger partial charge in [-0.3, -0.25) is 9.36 Å². The SMILES string of the molecule is CN(C)Cc1cs/c(=N\C(=O)c2ccnc3[nH]ccc23)n1-c1ccccc1Cl. The molecule has 3 aromatic heterocycles. The Balaban J connectivity index is 1.88. The maximum atomic E-state index is 13.0. The van der Waals surface area contributed by atoms with Crippen LogP contribution in [0, 0.1) is 0 Å². The minimum atomic E-state index is -0.314. The van der Waals surface area contributed by atoms with Gasteiger partial charge in [0.2, 0.25) is 0 Å². The van der Waals surface area contributed by atoms with Gasteiger partial charge in [0.05, 0.1) is 16.3 Å². The van der Waals surface area contributed by atoms with Gasteiger partial charge < -0.3 is 9.88 Å². The first-order valence-corrected chi connectivity index (χ1v) is 9.90. The van der Waals surface area contributed by atoms with E-state index in [9.17, 15) is 4.79 Å². The van der Waals surface area contributed by atoms with Gasteiger partial charge in [0.15, 0.2) is 4.80 Å². The van der Waals surface area contributed by atoms with E-state index in [0.29, 0.717) is 27.6 Å². The molecule has 4 aromatic rings. The zero-order valence-corrected chi connectivity index (χ0v) is 17.0. The Labute approximate surface area is 170 Å². The van der Waals surface area contributed by atoms with Gasteiger partial charge in [-0.25, -0.2) is 4.98 Å². The zero-order valence-electron chi connectivity index (χ0n) is 15.4. The van der Waals surface area contributed by atoms with Crippen molar-refractivity contribution in [2.75, 3.05) is 14.1 Å². The van der Waals surface area contributed by atoms with Crippen molar-refractivity contribution in [2.45, 2.75) is 6.54 Å². The maximum Gasteiger partial charge on any atom is 0.280 e. The molecule has 0 bridgehead atoms. The molecule has 6 nitrogen and oxygen atoms in total. The standard InChI is InChI=1S/C20H18ClN5OS/c1-25(2)11-13-12-28-20(26(13)17-6-4-3-5-16(17)21)24-19(27)15-8-10-23-18-14(15)7-9-22-18/h3-10,12H,11H2,1-2H3,(H,22,23)/b24-20-. The van der Waals surface area contributed by atoms with Crippen LogP contribution in [-0.4, -0.2) is 39.4 Å². The number of rotatable bonds is 4. The van der Waals surface area contributed by atoms with Crippen molar-refractivity contribution in [3.63, 3.8) is 0 Å². The van der Waals surface area contributed by atoms with E-state index in [1.54, 1.807) is 18.5 Å². The molecule has 3 heterocycles. The lowest BCUT2D eigenvalue weighted by molar-refractivity contribution is 0.0999. The predicted molar refractivity (Wildman–Crippen MR) is 112 cm³/mol. The van der Waals surface area contributed by atoms with Crippen LogP contribution < -0.4 is 4.80 Å². The molecule has 0 radical (unpaired) electrons. The van der Waals surface area contributed by atoms with Crippen molar-refractivity contribution in [2.24, 2.45) is 4.99 Å². The smallest absolute Gasteiger partial charge is 0.280 e. The van der Waals surface area contributed by atoms with Gasteiger partial charge >= 0.3 is 0 Å². The number of nitrogens with one attached hydrogen (secondary N) is 1. The van der Waals surface area contributed by atoms with E-state index in [2.05, 4.69) is 19.9 Å². The fraction of sp³-hybridized carbons (Fsp3) is 0.150. The molecule has 0 unspecified atom stereocenters. The van der Waals surface area contributed by atoms with E-state index in [1.807, 2.05) is 54.4 Å². The molecular formula is C20H18ClN5OS. The van der Waals surface area contributed by atoms with Crippen LogP contribution in [0.2, 0.25) is 5.02 Å². The molecule has 0 fully saturated rings. The first kappa shape index (κ1) is 18.6. The number of para-hydroxylation sites is 1. The van der Waals surface area contributed by atoms with Gasteiger partial charge in [-0.15, -0.1) is 11.3 Å². The maximum absolute atomic E-state index is 13.0. The van der Waals surface area contributed by atoms with Crippen LogP contribution in [0.5, 0.6) is 0 Å². The van der Waals surface area contributed by atoms with Crippen molar-refractivity contribution < 1.29 is 4.79 Å². The van der Waals surface area contributed by atoms with Crippen molar-refractivity contribution in [1.29, 1.82) is 0 Å². The van der Waals surface area contributed by atoms with Gasteiger partial charge in [-0.2, -0.15) is 4.99 Å². The second-order valence-corrected chi connectivity index (χ2v) is 7.79. The van der Waals surface area contributed by atoms with Crippen LogP contribution in [0.15, 0.2) is 59.2 Å². The predicted octanol–water partition coefficient (Wildman–Crippen LogP) is 3.87. The summed E-state index contributed by atoms with van der Waals surface area (Å²) >= 11 is 7.86. The Bertz CT molecular complexity index is 1220. The van der Waals surface area contributed by atoms with E-state index in [1.165, 1.54) is 11.3 Å². The second-order valence-electron chi connectivity index (χ2n) is 6.55. The highest BCUT2D eigenvalue weighted by molar-refractivity contribution is 7.07. The zero-order chi connectivity index (χ0) is 19.7. The number of H-pyrrole nitrogens is 1. The van der Waals surface area contributed by atoms with Gasteiger partial charge in [0.25, 0.3) is 5.91 Å². The molecule has 142 valence electrons. The number of aromatic nitrogens is 3. The Morgan fingerprint density at radius 1 is 1.29 bits per heavy atom. The number of fused-ring (bicyclic) bond motifs is 1. The van der Waals surface area contributed by atoms with E-state index >= 15 is 0 Å². The number of nitrogens with zero attached hydrogens (tertiary/aromatic N) is 4. The minimum Gasteiger partial charge on any atom is -0.346 e. The summed E-state index contributed by atoms with van der Waals surface area (Å²) in [6.07, 6.45) is 3.37. The fourth-order valence-corrected chi connectivity index (χ4v) is 4.14. The third kappa shape index (κ3) is 3.52. The molecule has 8 heteroatoms. The molecule has 0 aliphatic rings. The number of carbonyl (C=O) groups excluding carboxylic acids is 1. The van der Waals surface area contributed by atoms with Crippen LogP contribution in [0.3, 0.4) is 0 Å². The molecule has 0 spiro atoms. The van der Waals surface area contributed by atoms with Gasteiger partial charge in [0.1, 0.15) is 5.65 Å². The molecule has 4 rings (SSSR count). The van der Waals surface area contributed by atoms with E-state index in [4.69, 9.17) is 11.6 Å². The van der Waals surface area contributed by atoms with Crippen LogP contribution in [0.1, 0.15) is 16.1 Å². The average molecular weight is 412 g/mol.